The predicted molar refractivity (Wildman–Crippen MR) is 76.9 cm³/mol. The van der Waals surface area contributed by atoms with E-state index in [9.17, 15) is 4.79 Å². The molecule has 0 bridgehead atoms. The van der Waals surface area contributed by atoms with Gasteiger partial charge in [0.1, 0.15) is 5.75 Å². The number of amides is 1. The zero-order valence-electron chi connectivity index (χ0n) is 12.1. The molecule has 1 aromatic rings. The summed E-state index contributed by atoms with van der Waals surface area (Å²) in [6, 6.07) is 7.57. The van der Waals surface area contributed by atoms with Crippen molar-refractivity contribution >= 4 is 11.6 Å². The largest absolute Gasteiger partial charge is 0.497 e. The quantitative estimate of drug-likeness (QED) is 0.894. The number of methoxy groups -OCH3 is 1. The molecule has 5 nitrogen and oxygen atoms in total. The Morgan fingerprint density at radius 1 is 1.55 bits per heavy atom. The van der Waals surface area contributed by atoms with Gasteiger partial charge in [-0.05, 0) is 18.1 Å². The van der Waals surface area contributed by atoms with Crippen molar-refractivity contribution in [2.45, 2.75) is 26.4 Å². The van der Waals surface area contributed by atoms with Gasteiger partial charge in [-0.3, -0.25) is 4.79 Å². The molecular weight excluding hydrogens is 256 g/mol. The number of nitrogens with one attached hydrogen (secondary N) is 1. The zero-order valence-corrected chi connectivity index (χ0v) is 12.1. The van der Waals surface area contributed by atoms with E-state index in [1.54, 1.807) is 7.11 Å². The van der Waals surface area contributed by atoms with Gasteiger partial charge in [0.25, 0.3) is 5.91 Å². The van der Waals surface area contributed by atoms with Crippen LogP contribution in [0.1, 0.15) is 25.8 Å². The van der Waals surface area contributed by atoms with Gasteiger partial charge in [-0.2, -0.15) is 0 Å². The third kappa shape index (κ3) is 3.50. The maximum absolute atomic E-state index is 11.9. The maximum atomic E-state index is 11.9. The van der Waals surface area contributed by atoms with Gasteiger partial charge < -0.3 is 14.9 Å². The summed E-state index contributed by atoms with van der Waals surface area (Å²) in [6.45, 7) is 4.75. The van der Waals surface area contributed by atoms with Crippen LogP contribution in [0.25, 0.3) is 0 Å². The molecule has 0 fully saturated rings. The number of hydrogen-bond acceptors (Lipinski definition) is 4. The number of ether oxygens (including phenoxy) is 1. The lowest BCUT2D eigenvalue weighted by molar-refractivity contribution is -0.131. The van der Waals surface area contributed by atoms with E-state index in [2.05, 4.69) is 10.5 Å². The summed E-state index contributed by atoms with van der Waals surface area (Å²) < 4.78 is 5.18. The van der Waals surface area contributed by atoms with Crippen LogP contribution in [0, 0.1) is 5.92 Å². The van der Waals surface area contributed by atoms with E-state index in [1.807, 2.05) is 38.1 Å². The van der Waals surface area contributed by atoms with E-state index >= 15 is 0 Å². The molecule has 0 saturated heterocycles. The summed E-state index contributed by atoms with van der Waals surface area (Å²) in [5, 5.41) is 6.87. The minimum absolute atomic E-state index is 0.111. The molecule has 1 aromatic carbocycles. The van der Waals surface area contributed by atoms with Gasteiger partial charge in [-0.25, -0.2) is 0 Å². The second-order valence-electron chi connectivity index (χ2n) is 5.21. The van der Waals surface area contributed by atoms with Crippen LogP contribution in [0.3, 0.4) is 0 Å². The van der Waals surface area contributed by atoms with Crippen LogP contribution in [-0.4, -0.2) is 31.4 Å². The molecule has 1 atom stereocenters. The molecule has 20 heavy (non-hydrogen) atoms. The molecule has 0 spiro atoms. The highest BCUT2D eigenvalue weighted by atomic mass is 16.6. The summed E-state index contributed by atoms with van der Waals surface area (Å²) >= 11 is 0. The van der Waals surface area contributed by atoms with Crippen molar-refractivity contribution in [3.63, 3.8) is 0 Å². The van der Waals surface area contributed by atoms with Crippen LogP contribution in [0.5, 0.6) is 5.75 Å². The van der Waals surface area contributed by atoms with Gasteiger partial charge in [0.05, 0.1) is 12.8 Å². The molecule has 0 aliphatic carbocycles. The first kappa shape index (κ1) is 14.4. The van der Waals surface area contributed by atoms with Crippen LogP contribution in [0.4, 0.5) is 0 Å². The molecule has 1 amide bonds. The Morgan fingerprint density at radius 2 is 2.35 bits per heavy atom. The maximum Gasteiger partial charge on any atom is 0.264 e. The molecule has 0 saturated carbocycles. The fraction of sp³-hybridized carbons (Fsp3) is 0.467. The summed E-state index contributed by atoms with van der Waals surface area (Å²) in [4.78, 5) is 17.1. The fourth-order valence-electron chi connectivity index (χ4n) is 1.91. The topological polar surface area (TPSA) is 59.9 Å². The van der Waals surface area contributed by atoms with E-state index in [0.717, 1.165) is 17.0 Å². The lowest BCUT2D eigenvalue weighted by atomic mass is 10.0. The lowest BCUT2D eigenvalue weighted by Gasteiger charge is -2.11. The second-order valence-corrected chi connectivity index (χ2v) is 5.21. The van der Waals surface area contributed by atoms with Crippen molar-refractivity contribution in [2.75, 3.05) is 13.7 Å². The Morgan fingerprint density at radius 3 is 3.05 bits per heavy atom. The first-order valence-corrected chi connectivity index (χ1v) is 6.75. The van der Waals surface area contributed by atoms with Crippen molar-refractivity contribution in [3.05, 3.63) is 29.8 Å². The minimum atomic E-state index is -0.532. The Hall–Kier alpha value is -2.04. The van der Waals surface area contributed by atoms with Crippen molar-refractivity contribution in [3.8, 4) is 5.75 Å². The third-order valence-corrected chi connectivity index (χ3v) is 3.05. The number of carbonyl (C=O) groups is 1. The van der Waals surface area contributed by atoms with Gasteiger partial charge in [0, 0.05) is 18.5 Å². The monoisotopic (exact) mass is 276 g/mol. The zero-order chi connectivity index (χ0) is 14.5. The molecule has 1 aliphatic rings. The van der Waals surface area contributed by atoms with Crippen LogP contribution in [0.15, 0.2) is 29.4 Å². The molecular formula is C15H20N2O3. The minimum Gasteiger partial charge on any atom is -0.497 e. The molecule has 1 aliphatic heterocycles. The number of rotatable bonds is 5. The molecule has 1 heterocycles. The molecule has 5 heteroatoms. The number of oxime groups is 1. The summed E-state index contributed by atoms with van der Waals surface area (Å²) in [7, 11) is 1.62. The van der Waals surface area contributed by atoms with E-state index in [-0.39, 0.29) is 5.91 Å². The normalized spacial score (nSPS) is 17.6. The Labute approximate surface area is 118 Å². The number of carbonyl (C=O) groups excluding carboxylic acids is 1. The molecule has 0 radical (unpaired) electrons. The standard InChI is InChI=1S/C15H20N2O3/c1-10(2)9-16-15(18)14-8-13(17-20-14)11-5-4-6-12(7-11)19-3/h4-7,10,14H,8-9H2,1-3H3,(H,16,18)/t14-/m0/s1. The summed E-state index contributed by atoms with van der Waals surface area (Å²) in [5.41, 5.74) is 1.69. The van der Waals surface area contributed by atoms with Gasteiger partial charge >= 0.3 is 0 Å². The van der Waals surface area contributed by atoms with Crippen LogP contribution in [-0.2, 0) is 9.63 Å². The van der Waals surface area contributed by atoms with E-state index in [0.29, 0.717) is 18.9 Å². The molecule has 108 valence electrons. The Kier molecular flexibility index (Phi) is 4.61. The van der Waals surface area contributed by atoms with E-state index in [4.69, 9.17) is 9.57 Å². The highest BCUT2D eigenvalue weighted by molar-refractivity contribution is 6.04. The van der Waals surface area contributed by atoms with Crippen molar-refractivity contribution in [1.82, 2.24) is 5.32 Å². The molecule has 1 N–H and O–H groups in total. The van der Waals surface area contributed by atoms with Gasteiger partial charge in [-0.15, -0.1) is 0 Å². The Bertz CT molecular complexity index is 512. The van der Waals surface area contributed by atoms with Gasteiger partial charge in [0.15, 0.2) is 0 Å². The van der Waals surface area contributed by atoms with Gasteiger partial charge in [-0.1, -0.05) is 31.1 Å². The van der Waals surface area contributed by atoms with Crippen LogP contribution >= 0.6 is 0 Å². The number of nitrogens with zero attached hydrogens (tertiary/aromatic N) is 1. The average molecular weight is 276 g/mol. The highest BCUT2D eigenvalue weighted by Gasteiger charge is 2.28. The van der Waals surface area contributed by atoms with E-state index < -0.39 is 6.10 Å². The van der Waals surface area contributed by atoms with Crippen molar-refractivity contribution in [2.24, 2.45) is 11.1 Å². The average Bonchev–Trinajstić information content (AvgIpc) is 2.94. The number of hydrogen-bond donors (Lipinski definition) is 1. The van der Waals surface area contributed by atoms with Crippen molar-refractivity contribution in [1.29, 1.82) is 0 Å². The summed E-state index contributed by atoms with van der Waals surface area (Å²) in [6.07, 6.45) is -0.0492. The van der Waals surface area contributed by atoms with Gasteiger partial charge in [0.2, 0.25) is 6.10 Å². The lowest BCUT2D eigenvalue weighted by Crippen LogP contribution is -2.36. The fourth-order valence-corrected chi connectivity index (χ4v) is 1.91. The van der Waals surface area contributed by atoms with Crippen LogP contribution in [0.2, 0.25) is 0 Å². The second kappa shape index (κ2) is 6.41. The number of benzene rings is 1. The first-order chi connectivity index (χ1) is 9.60. The first-order valence-electron chi connectivity index (χ1n) is 6.75. The molecule has 0 aromatic heterocycles. The van der Waals surface area contributed by atoms with Crippen LogP contribution < -0.4 is 10.1 Å². The van der Waals surface area contributed by atoms with Crippen molar-refractivity contribution < 1.29 is 14.4 Å². The summed E-state index contributed by atoms with van der Waals surface area (Å²) in [5.74, 6) is 1.07. The molecule has 2 rings (SSSR count). The Balaban J connectivity index is 1.95. The predicted octanol–water partition coefficient (Wildman–Crippen LogP) is 1.96. The third-order valence-electron chi connectivity index (χ3n) is 3.05. The smallest absolute Gasteiger partial charge is 0.264 e. The molecule has 0 unspecified atom stereocenters. The SMILES string of the molecule is COc1cccc(C2=NO[C@H](C(=O)NCC(C)C)C2)c1. The van der Waals surface area contributed by atoms with E-state index in [1.165, 1.54) is 0 Å². The highest BCUT2D eigenvalue weighted by Crippen LogP contribution is 2.20.